The second kappa shape index (κ2) is 7.68. The number of piperazine rings is 1. The minimum Gasteiger partial charge on any atom is -0.339 e. The van der Waals surface area contributed by atoms with Crippen LogP contribution in [0.5, 0.6) is 0 Å². The molecule has 0 bridgehead atoms. The van der Waals surface area contributed by atoms with Crippen LogP contribution >= 0.6 is 0 Å². The van der Waals surface area contributed by atoms with Gasteiger partial charge in [-0.15, -0.1) is 0 Å². The zero-order valence-electron chi connectivity index (χ0n) is 14.7. The Bertz CT molecular complexity index is 609. The third-order valence-corrected chi connectivity index (χ3v) is 5.85. The third kappa shape index (κ3) is 3.78. The summed E-state index contributed by atoms with van der Waals surface area (Å²) in [5, 5.41) is 0. The van der Waals surface area contributed by atoms with Crippen LogP contribution in [-0.4, -0.2) is 60.5 Å². The maximum Gasteiger partial charge on any atom is 0.241 e. The average molecular weight is 340 g/mol. The van der Waals surface area contributed by atoms with Crippen molar-refractivity contribution in [3.8, 4) is 0 Å². The minimum absolute atomic E-state index is 0.0166. The van der Waals surface area contributed by atoms with Crippen molar-refractivity contribution in [3.05, 3.63) is 42.0 Å². The van der Waals surface area contributed by atoms with Gasteiger partial charge in [0.2, 0.25) is 5.91 Å². The topological polar surface area (TPSA) is 47.6 Å². The first-order chi connectivity index (χ1) is 12.3. The minimum atomic E-state index is -0.0166. The van der Waals surface area contributed by atoms with Crippen LogP contribution < -0.4 is 10.9 Å². The molecule has 1 saturated carbocycles. The molecule has 25 heavy (non-hydrogen) atoms. The molecule has 3 fully saturated rings. The molecule has 2 saturated heterocycles. The fraction of sp³-hybridized carbons (Fsp3) is 0.550. The molecular weight excluding hydrogens is 312 g/mol. The van der Waals surface area contributed by atoms with Crippen molar-refractivity contribution < 1.29 is 4.79 Å². The molecule has 2 aliphatic heterocycles. The number of carbonyl (C=O) groups excluding carboxylic acids is 1. The van der Waals surface area contributed by atoms with E-state index in [2.05, 4.69) is 57.1 Å². The van der Waals surface area contributed by atoms with Crippen molar-refractivity contribution in [1.82, 2.24) is 20.7 Å². The van der Waals surface area contributed by atoms with Crippen molar-refractivity contribution in [3.63, 3.8) is 0 Å². The second-order valence-electron chi connectivity index (χ2n) is 7.41. The SMILES string of the molecule is O=C(C1NNC2CCCC21)N1CCN(C/C=C/c2ccccc2)CC1. The molecule has 1 aromatic carbocycles. The van der Waals surface area contributed by atoms with Crippen molar-refractivity contribution in [1.29, 1.82) is 0 Å². The summed E-state index contributed by atoms with van der Waals surface area (Å²) in [5.41, 5.74) is 7.82. The van der Waals surface area contributed by atoms with Gasteiger partial charge in [0, 0.05) is 44.7 Å². The summed E-state index contributed by atoms with van der Waals surface area (Å²) in [6, 6.07) is 10.9. The van der Waals surface area contributed by atoms with Crippen LogP contribution in [0.1, 0.15) is 24.8 Å². The van der Waals surface area contributed by atoms with Gasteiger partial charge in [-0.25, -0.2) is 5.43 Å². The summed E-state index contributed by atoms with van der Waals surface area (Å²) in [6.45, 7) is 4.55. The zero-order valence-corrected chi connectivity index (χ0v) is 14.7. The standard InChI is InChI=1S/C20H28N4O/c25-20(19-17-9-4-10-18(17)21-22-19)24-14-12-23(13-15-24)11-5-8-16-6-2-1-3-7-16/h1-3,5-8,17-19,21-22H,4,9-15H2/b8-5+. The monoisotopic (exact) mass is 340 g/mol. The van der Waals surface area contributed by atoms with E-state index in [-0.39, 0.29) is 6.04 Å². The van der Waals surface area contributed by atoms with E-state index in [0.717, 1.165) is 32.7 Å². The Morgan fingerprint density at radius 1 is 1.08 bits per heavy atom. The van der Waals surface area contributed by atoms with Gasteiger partial charge in [0.15, 0.2) is 0 Å². The predicted octanol–water partition coefficient (Wildman–Crippen LogP) is 1.49. The van der Waals surface area contributed by atoms with Crippen LogP contribution in [0.2, 0.25) is 0 Å². The molecule has 5 heteroatoms. The molecule has 1 amide bonds. The lowest BCUT2D eigenvalue weighted by Crippen LogP contribution is -2.54. The number of benzene rings is 1. The summed E-state index contributed by atoms with van der Waals surface area (Å²) < 4.78 is 0. The van der Waals surface area contributed by atoms with Crippen LogP contribution in [-0.2, 0) is 4.79 Å². The summed E-state index contributed by atoms with van der Waals surface area (Å²) in [4.78, 5) is 17.3. The Morgan fingerprint density at radius 3 is 2.68 bits per heavy atom. The summed E-state index contributed by atoms with van der Waals surface area (Å²) in [5.74, 6) is 0.778. The number of rotatable bonds is 4. The van der Waals surface area contributed by atoms with E-state index in [1.165, 1.54) is 24.8 Å². The van der Waals surface area contributed by atoms with Gasteiger partial charge in [0.25, 0.3) is 0 Å². The van der Waals surface area contributed by atoms with Crippen LogP contribution in [0.25, 0.3) is 6.08 Å². The Balaban J connectivity index is 1.24. The lowest BCUT2D eigenvalue weighted by atomic mass is 9.96. The van der Waals surface area contributed by atoms with E-state index in [4.69, 9.17) is 0 Å². The molecule has 0 spiro atoms. The number of nitrogens with zero attached hydrogens (tertiary/aromatic N) is 2. The quantitative estimate of drug-likeness (QED) is 0.872. The molecule has 134 valence electrons. The van der Waals surface area contributed by atoms with E-state index in [1.54, 1.807) is 0 Å². The highest BCUT2D eigenvalue weighted by Gasteiger charge is 2.44. The van der Waals surface area contributed by atoms with Crippen molar-refractivity contribution in [2.24, 2.45) is 5.92 Å². The summed E-state index contributed by atoms with van der Waals surface area (Å²) >= 11 is 0. The number of hydrazine groups is 1. The van der Waals surface area contributed by atoms with Gasteiger partial charge in [-0.2, -0.15) is 0 Å². The molecule has 3 unspecified atom stereocenters. The molecule has 4 rings (SSSR count). The molecule has 5 nitrogen and oxygen atoms in total. The largest absolute Gasteiger partial charge is 0.339 e. The summed E-state index contributed by atoms with van der Waals surface area (Å²) in [7, 11) is 0. The van der Waals surface area contributed by atoms with E-state index >= 15 is 0 Å². The van der Waals surface area contributed by atoms with Gasteiger partial charge in [-0.3, -0.25) is 15.1 Å². The maximum atomic E-state index is 12.8. The van der Waals surface area contributed by atoms with Crippen LogP contribution in [0.15, 0.2) is 36.4 Å². The molecule has 1 aliphatic carbocycles. The first-order valence-electron chi connectivity index (χ1n) is 9.55. The Kier molecular flexibility index (Phi) is 5.15. The van der Waals surface area contributed by atoms with Crippen molar-refractivity contribution >= 4 is 12.0 Å². The molecule has 2 heterocycles. The van der Waals surface area contributed by atoms with Gasteiger partial charge < -0.3 is 4.90 Å². The number of nitrogens with one attached hydrogen (secondary N) is 2. The average Bonchev–Trinajstić information content (AvgIpc) is 3.26. The lowest BCUT2D eigenvalue weighted by molar-refractivity contribution is -0.135. The molecule has 3 atom stereocenters. The van der Waals surface area contributed by atoms with Gasteiger partial charge >= 0.3 is 0 Å². The fourth-order valence-corrected chi connectivity index (χ4v) is 4.37. The number of carbonyl (C=O) groups is 1. The fourth-order valence-electron chi connectivity index (χ4n) is 4.37. The Hall–Kier alpha value is -1.69. The van der Waals surface area contributed by atoms with Gasteiger partial charge in [0.05, 0.1) is 0 Å². The van der Waals surface area contributed by atoms with Crippen LogP contribution in [0.3, 0.4) is 0 Å². The number of fused-ring (bicyclic) bond motifs is 1. The highest BCUT2D eigenvalue weighted by Crippen LogP contribution is 2.32. The van der Waals surface area contributed by atoms with E-state index in [0.29, 0.717) is 17.9 Å². The smallest absolute Gasteiger partial charge is 0.241 e. The highest BCUT2D eigenvalue weighted by atomic mass is 16.2. The van der Waals surface area contributed by atoms with Gasteiger partial charge in [-0.05, 0) is 18.4 Å². The molecule has 0 aromatic heterocycles. The number of amides is 1. The second-order valence-corrected chi connectivity index (χ2v) is 7.41. The zero-order chi connectivity index (χ0) is 17.1. The van der Waals surface area contributed by atoms with Gasteiger partial charge in [0.1, 0.15) is 6.04 Å². The summed E-state index contributed by atoms with van der Waals surface area (Å²) in [6.07, 6.45) is 8.01. The Morgan fingerprint density at radius 2 is 1.88 bits per heavy atom. The normalized spacial score (nSPS) is 30.1. The molecule has 3 aliphatic rings. The van der Waals surface area contributed by atoms with Crippen LogP contribution in [0.4, 0.5) is 0 Å². The number of hydrogen-bond donors (Lipinski definition) is 2. The third-order valence-electron chi connectivity index (χ3n) is 5.85. The van der Waals surface area contributed by atoms with Crippen molar-refractivity contribution in [2.45, 2.75) is 31.3 Å². The number of hydrogen-bond acceptors (Lipinski definition) is 4. The predicted molar refractivity (Wildman–Crippen MR) is 99.7 cm³/mol. The molecule has 1 aromatic rings. The van der Waals surface area contributed by atoms with E-state index in [9.17, 15) is 4.79 Å². The Labute approximate surface area is 150 Å². The maximum absolute atomic E-state index is 12.8. The molecule has 2 N–H and O–H groups in total. The first-order valence-corrected chi connectivity index (χ1v) is 9.55. The van der Waals surface area contributed by atoms with E-state index < -0.39 is 0 Å². The van der Waals surface area contributed by atoms with Gasteiger partial charge in [-0.1, -0.05) is 48.9 Å². The molecule has 0 radical (unpaired) electrons. The first kappa shape index (κ1) is 16.8. The van der Waals surface area contributed by atoms with E-state index in [1.807, 2.05) is 6.07 Å². The molecular formula is C20H28N4O. The van der Waals surface area contributed by atoms with Crippen LogP contribution in [0, 0.1) is 5.92 Å². The van der Waals surface area contributed by atoms with Crippen molar-refractivity contribution in [2.75, 3.05) is 32.7 Å². The highest BCUT2D eigenvalue weighted by molar-refractivity contribution is 5.82. The lowest BCUT2D eigenvalue weighted by Gasteiger charge is -2.36.